The number of primary amides is 1. The third kappa shape index (κ3) is 3.92. The first kappa shape index (κ1) is 19.6. The molecule has 0 aliphatic carbocycles. The van der Waals surface area contributed by atoms with Crippen LogP contribution in [0, 0.1) is 0 Å². The Hall–Kier alpha value is -3.11. The molecule has 0 bridgehead atoms. The summed E-state index contributed by atoms with van der Waals surface area (Å²) in [6, 6.07) is 4.08. The number of hydrogen-bond acceptors (Lipinski definition) is 6. The van der Waals surface area contributed by atoms with Gasteiger partial charge in [0, 0.05) is 6.54 Å². The SMILES string of the molecule is CC(Oc1ccccc1C(F)(F)F)C(=O)N1CCCC1c1nc(C(N)=O)no1. The fourth-order valence-electron chi connectivity index (χ4n) is 3.04. The van der Waals surface area contributed by atoms with Gasteiger partial charge in [0.15, 0.2) is 6.10 Å². The molecule has 8 nitrogen and oxygen atoms in total. The Morgan fingerprint density at radius 2 is 2.07 bits per heavy atom. The zero-order chi connectivity index (χ0) is 20.5. The Morgan fingerprint density at radius 3 is 2.71 bits per heavy atom. The predicted molar refractivity (Wildman–Crippen MR) is 88.0 cm³/mol. The molecule has 1 aromatic carbocycles. The van der Waals surface area contributed by atoms with E-state index in [2.05, 4.69) is 10.1 Å². The van der Waals surface area contributed by atoms with Crippen LogP contribution in [0.2, 0.25) is 0 Å². The van der Waals surface area contributed by atoms with Gasteiger partial charge in [0.05, 0.1) is 5.56 Å². The molecule has 3 rings (SSSR count). The summed E-state index contributed by atoms with van der Waals surface area (Å²) >= 11 is 0. The molecular formula is C17H17F3N4O4. The van der Waals surface area contributed by atoms with Crippen LogP contribution < -0.4 is 10.5 Å². The standard InChI is InChI=1S/C17H17F3N4O4/c1-9(27-12-7-3-2-5-10(12)17(18,19)20)16(26)24-8-4-6-11(24)15-22-14(13(21)25)23-28-15/h2-3,5,7,9,11H,4,6,8H2,1H3,(H2,21,25). The molecule has 150 valence electrons. The first-order valence-corrected chi connectivity index (χ1v) is 8.45. The van der Waals surface area contributed by atoms with E-state index in [1.807, 2.05) is 0 Å². The van der Waals surface area contributed by atoms with Crippen LogP contribution in [0.25, 0.3) is 0 Å². The number of halogens is 3. The van der Waals surface area contributed by atoms with Crippen molar-refractivity contribution in [3.63, 3.8) is 0 Å². The zero-order valence-electron chi connectivity index (χ0n) is 14.8. The van der Waals surface area contributed by atoms with E-state index in [0.29, 0.717) is 19.4 Å². The summed E-state index contributed by atoms with van der Waals surface area (Å²) in [6.45, 7) is 1.71. The minimum absolute atomic E-state index is 0.0440. The molecule has 28 heavy (non-hydrogen) atoms. The van der Waals surface area contributed by atoms with Crippen molar-refractivity contribution < 1.29 is 32.0 Å². The number of ether oxygens (including phenoxy) is 1. The molecule has 1 aliphatic rings. The van der Waals surface area contributed by atoms with Crippen LogP contribution in [0.4, 0.5) is 13.2 Å². The Bertz CT molecular complexity index is 883. The highest BCUT2D eigenvalue weighted by atomic mass is 19.4. The molecule has 1 fully saturated rings. The molecule has 2 atom stereocenters. The lowest BCUT2D eigenvalue weighted by Crippen LogP contribution is -2.40. The van der Waals surface area contributed by atoms with Gasteiger partial charge >= 0.3 is 6.18 Å². The third-order valence-electron chi connectivity index (χ3n) is 4.33. The number of para-hydroxylation sites is 1. The molecular weight excluding hydrogens is 381 g/mol. The number of carbonyl (C=O) groups is 2. The monoisotopic (exact) mass is 398 g/mol. The van der Waals surface area contributed by atoms with E-state index in [1.165, 1.54) is 24.0 Å². The molecule has 1 saturated heterocycles. The lowest BCUT2D eigenvalue weighted by atomic mass is 10.2. The number of carbonyl (C=O) groups excluding carboxylic acids is 2. The zero-order valence-corrected chi connectivity index (χ0v) is 14.8. The number of nitrogens with zero attached hydrogens (tertiary/aromatic N) is 3. The fraction of sp³-hybridized carbons (Fsp3) is 0.412. The molecule has 2 aromatic rings. The Kier molecular flexibility index (Phi) is 5.25. The van der Waals surface area contributed by atoms with Crippen LogP contribution in [0.1, 0.15) is 47.9 Å². The van der Waals surface area contributed by atoms with Gasteiger partial charge in [0.1, 0.15) is 11.8 Å². The van der Waals surface area contributed by atoms with Gasteiger partial charge in [-0.25, -0.2) is 0 Å². The summed E-state index contributed by atoms with van der Waals surface area (Å²) in [5.74, 6) is -2.09. The van der Waals surface area contributed by atoms with E-state index < -0.39 is 41.4 Å². The number of rotatable bonds is 5. The predicted octanol–water partition coefficient (Wildman–Crippen LogP) is 2.32. The molecule has 1 aliphatic heterocycles. The van der Waals surface area contributed by atoms with Crippen LogP contribution in [-0.4, -0.2) is 39.5 Å². The molecule has 0 spiro atoms. The topological polar surface area (TPSA) is 112 Å². The molecule has 1 aromatic heterocycles. The second-order valence-corrected chi connectivity index (χ2v) is 6.26. The van der Waals surface area contributed by atoms with E-state index >= 15 is 0 Å². The number of amides is 2. The van der Waals surface area contributed by atoms with Crippen LogP contribution in [0.5, 0.6) is 5.75 Å². The summed E-state index contributed by atoms with van der Waals surface area (Å²) in [7, 11) is 0. The highest BCUT2D eigenvalue weighted by molar-refractivity contribution is 5.88. The van der Waals surface area contributed by atoms with Gasteiger partial charge < -0.3 is 19.9 Å². The van der Waals surface area contributed by atoms with Crippen LogP contribution in [0.15, 0.2) is 28.8 Å². The van der Waals surface area contributed by atoms with E-state index in [0.717, 1.165) is 12.1 Å². The number of alkyl halides is 3. The first-order chi connectivity index (χ1) is 13.2. The Balaban J connectivity index is 1.76. The minimum Gasteiger partial charge on any atom is -0.480 e. The van der Waals surface area contributed by atoms with Crippen molar-refractivity contribution in [3.8, 4) is 5.75 Å². The Morgan fingerprint density at radius 1 is 1.36 bits per heavy atom. The lowest BCUT2D eigenvalue weighted by Gasteiger charge is -2.26. The van der Waals surface area contributed by atoms with Gasteiger partial charge in [-0.3, -0.25) is 9.59 Å². The summed E-state index contributed by atoms with van der Waals surface area (Å²) in [5.41, 5.74) is 4.12. The average Bonchev–Trinajstić information content (AvgIpc) is 3.29. The maximum Gasteiger partial charge on any atom is 0.419 e. The molecule has 2 unspecified atom stereocenters. The van der Waals surface area contributed by atoms with Crippen LogP contribution >= 0.6 is 0 Å². The molecule has 2 heterocycles. The summed E-state index contributed by atoms with van der Waals surface area (Å²) < 4.78 is 49.7. The fourth-order valence-corrected chi connectivity index (χ4v) is 3.04. The van der Waals surface area contributed by atoms with Crippen molar-refractivity contribution in [3.05, 3.63) is 41.5 Å². The normalized spacial score (nSPS) is 18.1. The van der Waals surface area contributed by atoms with Crippen molar-refractivity contribution in [1.29, 1.82) is 0 Å². The third-order valence-corrected chi connectivity index (χ3v) is 4.33. The van der Waals surface area contributed by atoms with Gasteiger partial charge in [-0.1, -0.05) is 17.3 Å². The second-order valence-electron chi connectivity index (χ2n) is 6.26. The molecule has 0 radical (unpaired) electrons. The molecule has 2 amide bonds. The number of nitrogens with two attached hydrogens (primary N) is 1. The van der Waals surface area contributed by atoms with Gasteiger partial charge in [0.25, 0.3) is 17.6 Å². The maximum atomic E-state index is 13.1. The minimum atomic E-state index is -4.61. The number of aromatic nitrogens is 2. The van der Waals surface area contributed by atoms with Crippen molar-refractivity contribution >= 4 is 11.8 Å². The van der Waals surface area contributed by atoms with Gasteiger partial charge in [-0.2, -0.15) is 18.2 Å². The maximum absolute atomic E-state index is 13.1. The molecule has 2 N–H and O–H groups in total. The van der Waals surface area contributed by atoms with Crippen LogP contribution in [0.3, 0.4) is 0 Å². The quantitative estimate of drug-likeness (QED) is 0.827. The highest BCUT2D eigenvalue weighted by Crippen LogP contribution is 2.37. The van der Waals surface area contributed by atoms with Gasteiger partial charge in [-0.05, 0) is 31.9 Å². The van der Waals surface area contributed by atoms with Gasteiger partial charge in [0.2, 0.25) is 5.89 Å². The first-order valence-electron chi connectivity index (χ1n) is 8.45. The van der Waals surface area contributed by atoms with E-state index in [9.17, 15) is 22.8 Å². The van der Waals surface area contributed by atoms with Crippen molar-refractivity contribution in [2.75, 3.05) is 6.54 Å². The van der Waals surface area contributed by atoms with E-state index in [1.54, 1.807) is 0 Å². The lowest BCUT2D eigenvalue weighted by molar-refractivity contribution is -0.144. The van der Waals surface area contributed by atoms with E-state index in [4.69, 9.17) is 15.0 Å². The number of benzene rings is 1. The average molecular weight is 398 g/mol. The molecule has 11 heteroatoms. The van der Waals surface area contributed by atoms with Crippen molar-refractivity contribution in [2.45, 2.75) is 38.1 Å². The van der Waals surface area contributed by atoms with Crippen molar-refractivity contribution in [1.82, 2.24) is 15.0 Å². The summed E-state index contributed by atoms with van der Waals surface area (Å²) in [6.07, 6.45) is -4.67. The van der Waals surface area contributed by atoms with Gasteiger partial charge in [-0.15, -0.1) is 0 Å². The molecule has 0 saturated carbocycles. The van der Waals surface area contributed by atoms with Crippen molar-refractivity contribution in [2.24, 2.45) is 5.73 Å². The highest BCUT2D eigenvalue weighted by Gasteiger charge is 2.38. The number of likely N-dealkylation sites (tertiary alicyclic amines) is 1. The summed E-state index contributed by atoms with van der Waals surface area (Å²) in [4.78, 5) is 29.2. The van der Waals surface area contributed by atoms with Crippen LogP contribution in [-0.2, 0) is 11.0 Å². The number of hydrogen-bond donors (Lipinski definition) is 1. The largest absolute Gasteiger partial charge is 0.480 e. The Labute approximate surface area is 157 Å². The van der Waals surface area contributed by atoms with E-state index in [-0.39, 0.29) is 11.7 Å². The summed E-state index contributed by atoms with van der Waals surface area (Å²) in [5, 5.41) is 3.45. The second kappa shape index (κ2) is 7.49. The smallest absolute Gasteiger partial charge is 0.419 e.